The number of carbonyl (C=O) groups is 1. The van der Waals surface area contributed by atoms with Gasteiger partial charge in [0.05, 0.1) is 28.1 Å². The molecule has 0 aliphatic heterocycles. The highest BCUT2D eigenvalue weighted by atomic mass is 32.2. The van der Waals surface area contributed by atoms with E-state index in [4.69, 9.17) is 4.98 Å². The van der Waals surface area contributed by atoms with E-state index in [9.17, 15) is 13.2 Å². The maximum Gasteiger partial charge on any atom is 0.233 e. The molecule has 0 spiro atoms. The highest BCUT2D eigenvalue weighted by Crippen LogP contribution is 2.33. The van der Waals surface area contributed by atoms with Gasteiger partial charge in [0.25, 0.3) is 0 Å². The van der Waals surface area contributed by atoms with E-state index in [1.807, 2.05) is 37.3 Å². The Morgan fingerprint density at radius 2 is 1.66 bits per heavy atom. The Kier molecular flexibility index (Phi) is 6.13. The molecule has 1 amide bonds. The van der Waals surface area contributed by atoms with E-state index >= 15 is 0 Å². The lowest BCUT2D eigenvalue weighted by Gasteiger charge is -2.20. The lowest BCUT2D eigenvalue weighted by Crippen LogP contribution is -2.31. The first-order chi connectivity index (χ1) is 15.2. The van der Waals surface area contributed by atoms with Crippen molar-refractivity contribution in [3.63, 3.8) is 0 Å². The monoisotopic (exact) mass is 464 g/mol. The summed E-state index contributed by atoms with van der Waals surface area (Å²) in [5.74, 6) is -0.0885. The number of carbonyl (C=O) groups excluding carboxylic acids is 1. The van der Waals surface area contributed by atoms with Crippen molar-refractivity contribution in [2.75, 3.05) is 11.2 Å². The number of aromatic nitrogens is 1. The van der Waals surface area contributed by atoms with Gasteiger partial charge < -0.3 is 0 Å². The molecule has 0 saturated carbocycles. The quantitative estimate of drug-likeness (QED) is 0.398. The fourth-order valence-electron chi connectivity index (χ4n) is 3.63. The number of hydrogen-bond acceptors (Lipinski definition) is 5. The average Bonchev–Trinajstić information content (AvgIpc) is 3.16. The Morgan fingerprint density at radius 1 is 0.969 bits per heavy atom. The Balaban J connectivity index is 1.68. The minimum atomic E-state index is -3.27. The third-order valence-corrected chi connectivity index (χ3v) is 7.39. The second-order valence-electron chi connectivity index (χ2n) is 7.98. The van der Waals surface area contributed by atoms with Crippen molar-refractivity contribution in [3.05, 3.63) is 89.0 Å². The van der Waals surface area contributed by atoms with Crippen LogP contribution in [-0.4, -0.2) is 25.6 Å². The third kappa shape index (κ3) is 4.89. The molecule has 5 nitrogen and oxygen atoms in total. The molecule has 0 unspecified atom stereocenters. The van der Waals surface area contributed by atoms with E-state index < -0.39 is 9.84 Å². The summed E-state index contributed by atoms with van der Waals surface area (Å²) in [5, 5.41) is 0.662. The summed E-state index contributed by atoms with van der Waals surface area (Å²) in [6, 6.07) is 20.5. The molecular formula is C25H24N2O3S2. The molecule has 0 radical (unpaired) electrons. The van der Waals surface area contributed by atoms with Gasteiger partial charge in [0.1, 0.15) is 0 Å². The SMILES string of the molecule is Cc1cc(C)c2nc(N(Cc3ccccc3)C(=O)Cc3ccc(S(C)(=O)=O)cc3)sc2c1. The van der Waals surface area contributed by atoms with Crippen LogP contribution in [0.3, 0.4) is 0 Å². The van der Waals surface area contributed by atoms with Crippen LogP contribution < -0.4 is 4.90 Å². The summed E-state index contributed by atoms with van der Waals surface area (Å²) >= 11 is 1.51. The number of hydrogen-bond donors (Lipinski definition) is 0. The number of nitrogens with zero attached hydrogens (tertiary/aromatic N) is 2. The molecule has 0 N–H and O–H groups in total. The van der Waals surface area contributed by atoms with Crippen molar-refractivity contribution in [2.24, 2.45) is 0 Å². The predicted molar refractivity (Wildman–Crippen MR) is 130 cm³/mol. The van der Waals surface area contributed by atoms with E-state index in [0.717, 1.165) is 32.5 Å². The molecule has 32 heavy (non-hydrogen) atoms. The summed E-state index contributed by atoms with van der Waals surface area (Å²) in [5.41, 5.74) is 4.94. The van der Waals surface area contributed by atoms with E-state index in [1.165, 1.54) is 17.6 Å². The van der Waals surface area contributed by atoms with Gasteiger partial charge in [0.2, 0.25) is 5.91 Å². The second-order valence-corrected chi connectivity index (χ2v) is 11.0. The van der Waals surface area contributed by atoms with E-state index in [1.54, 1.807) is 29.2 Å². The molecule has 4 aromatic rings. The Bertz CT molecular complexity index is 1380. The van der Waals surface area contributed by atoms with Crippen molar-refractivity contribution in [2.45, 2.75) is 31.7 Å². The summed E-state index contributed by atoms with van der Waals surface area (Å²) in [4.78, 5) is 20.2. The number of benzene rings is 3. The number of amides is 1. The number of rotatable bonds is 6. The smallest absolute Gasteiger partial charge is 0.233 e. The van der Waals surface area contributed by atoms with Crippen molar-refractivity contribution >= 4 is 42.4 Å². The van der Waals surface area contributed by atoms with E-state index in [0.29, 0.717) is 11.7 Å². The molecule has 3 aromatic carbocycles. The molecule has 0 aliphatic rings. The van der Waals surface area contributed by atoms with Gasteiger partial charge in [-0.3, -0.25) is 9.69 Å². The van der Waals surface area contributed by atoms with Crippen molar-refractivity contribution in [3.8, 4) is 0 Å². The van der Waals surface area contributed by atoms with Crippen molar-refractivity contribution < 1.29 is 13.2 Å². The molecule has 164 valence electrons. The summed E-state index contributed by atoms with van der Waals surface area (Å²) in [6.45, 7) is 4.50. The van der Waals surface area contributed by atoms with Gasteiger partial charge in [-0.05, 0) is 54.3 Å². The molecule has 0 saturated heterocycles. The van der Waals surface area contributed by atoms with Gasteiger partial charge >= 0.3 is 0 Å². The molecular weight excluding hydrogens is 440 g/mol. The lowest BCUT2D eigenvalue weighted by atomic mass is 10.1. The van der Waals surface area contributed by atoms with Crippen molar-refractivity contribution in [1.29, 1.82) is 0 Å². The first kappa shape index (κ1) is 22.2. The lowest BCUT2D eigenvalue weighted by molar-refractivity contribution is -0.118. The normalized spacial score (nSPS) is 11.6. The first-order valence-corrected chi connectivity index (χ1v) is 12.9. The fourth-order valence-corrected chi connectivity index (χ4v) is 5.42. The highest BCUT2D eigenvalue weighted by molar-refractivity contribution is 7.90. The third-order valence-electron chi connectivity index (χ3n) is 5.24. The van der Waals surface area contributed by atoms with Crippen LogP contribution in [0.25, 0.3) is 10.2 Å². The molecule has 0 aliphatic carbocycles. The summed E-state index contributed by atoms with van der Waals surface area (Å²) in [6.07, 6.45) is 1.33. The maximum absolute atomic E-state index is 13.4. The molecule has 0 atom stereocenters. The number of thiazole rings is 1. The number of aryl methyl sites for hydroxylation is 2. The second kappa shape index (κ2) is 8.84. The minimum absolute atomic E-state index is 0.0885. The van der Waals surface area contributed by atoms with Crippen LogP contribution in [0.4, 0.5) is 5.13 Å². The number of fused-ring (bicyclic) bond motifs is 1. The highest BCUT2D eigenvalue weighted by Gasteiger charge is 2.21. The Hall–Kier alpha value is -3.03. The molecule has 7 heteroatoms. The van der Waals surface area contributed by atoms with E-state index in [2.05, 4.69) is 19.1 Å². The predicted octanol–water partition coefficient (Wildman–Crippen LogP) is 5.09. The first-order valence-electron chi connectivity index (χ1n) is 10.2. The van der Waals surface area contributed by atoms with Crippen molar-refractivity contribution in [1.82, 2.24) is 4.98 Å². The number of sulfone groups is 1. The fraction of sp³-hybridized carbons (Fsp3) is 0.200. The largest absolute Gasteiger partial charge is 0.283 e. The van der Waals surface area contributed by atoms with Gasteiger partial charge in [-0.2, -0.15) is 0 Å². The van der Waals surface area contributed by atoms with Crippen LogP contribution in [0, 0.1) is 13.8 Å². The van der Waals surface area contributed by atoms with Gasteiger partial charge in [-0.1, -0.05) is 59.9 Å². The summed E-state index contributed by atoms with van der Waals surface area (Å²) in [7, 11) is -3.27. The van der Waals surface area contributed by atoms with Gasteiger partial charge in [-0.15, -0.1) is 0 Å². The zero-order valence-electron chi connectivity index (χ0n) is 18.2. The van der Waals surface area contributed by atoms with Crippen LogP contribution in [-0.2, 0) is 27.6 Å². The molecule has 1 heterocycles. The molecule has 0 bridgehead atoms. The Labute approximate surface area is 192 Å². The zero-order valence-corrected chi connectivity index (χ0v) is 19.8. The van der Waals surface area contributed by atoms with Gasteiger partial charge in [-0.25, -0.2) is 13.4 Å². The summed E-state index contributed by atoms with van der Waals surface area (Å²) < 4.78 is 24.5. The number of anilines is 1. The maximum atomic E-state index is 13.4. The minimum Gasteiger partial charge on any atom is -0.283 e. The van der Waals surface area contributed by atoms with Crippen LogP contribution >= 0.6 is 11.3 Å². The van der Waals surface area contributed by atoms with Gasteiger partial charge in [0.15, 0.2) is 15.0 Å². The average molecular weight is 465 g/mol. The molecule has 4 rings (SSSR count). The standard InChI is InChI=1S/C25H24N2O3S2/c1-17-13-18(2)24-22(14-17)31-25(26-24)27(16-20-7-5-4-6-8-20)23(28)15-19-9-11-21(12-10-19)32(3,29)30/h4-14H,15-16H2,1-3H3. The molecule has 0 fully saturated rings. The molecule has 1 aromatic heterocycles. The van der Waals surface area contributed by atoms with E-state index in [-0.39, 0.29) is 17.2 Å². The van der Waals surface area contributed by atoms with Gasteiger partial charge in [0, 0.05) is 6.26 Å². The Morgan fingerprint density at radius 3 is 2.31 bits per heavy atom. The topological polar surface area (TPSA) is 67.3 Å². The van der Waals surface area contributed by atoms with Crippen LogP contribution in [0.15, 0.2) is 71.6 Å². The zero-order chi connectivity index (χ0) is 22.9. The van der Waals surface area contributed by atoms with Crippen LogP contribution in [0.2, 0.25) is 0 Å². The van der Waals surface area contributed by atoms with Crippen LogP contribution in [0.1, 0.15) is 22.3 Å². The van der Waals surface area contributed by atoms with Crippen LogP contribution in [0.5, 0.6) is 0 Å².